The Kier molecular flexibility index (Phi) is 4.07. The summed E-state index contributed by atoms with van der Waals surface area (Å²) in [6.45, 7) is 2.31. The van der Waals surface area contributed by atoms with Crippen LogP contribution in [0.25, 0.3) is 0 Å². The van der Waals surface area contributed by atoms with Gasteiger partial charge in [-0.3, -0.25) is 14.6 Å². The minimum Gasteiger partial charge on any atom is -0.383 e. The Morgan fingerprint density at radius 1 is 1.26 bits per heavy atom. The highest BCUT2D eigenvalue weighted by molar-refractivity contribution is 6.30. The van der Waals surface area contributed by atoms with E-state index in [1.807, 2.05) is 0 Å². The Morgan fingerprint density at radius 3 is 2.47 bits per heavy atom. The molecule has 0 unspecified atom stereocenters. The fraction of sp³-hybridized carbons (Fsp3) is 0.385. The summed E-state index contributed by atoms with van der Waals surface area (Å²) in [5, 5.41) is 0.589. The van der Waals surface area contributed by atoms with Crippen molar-refractivity contribution in [2.45, 2.75) is 13.0 Å². The van der Waals surface area contributed by atoms with E-state index in [2.05, 4.69) is 0 Å². The molecule has 0 aliphatic carbocycles. The molecule has 0 aromatic heterocycles. The molecule has 19 heavy (non-hydrogen) atoms. The molecule has 102 valence electrons. The van der Waals surface area contributed by atoms with Crippen molar-refractivity contribution in [3.05, 3.63) is 29.3 Å². The highest BCUT2D eigenvalue weighted by atomic mass is 35.5. The maximum Gasteiger partial charge on any atom is 0.332 e. The van der Waals surface area contributed by atoms with Gasteiger partial charge in [0.1, 0.15) is 6.04 Å². The van der Waals surface area contributed by atoms with E-state index in [9.17, 15) is 9.59 Å². The second kappa shape index (κ2) is 5.59. The number of nitrogens with zero attached hydrogens (tertiary/aromatic N) is 2. The van der Waals surface area contributed by atoms with Gasteiger partial charge < -0.3 is 4.74 Å². The highest BCUT2D eigenvalue weighted by Gasteiger charge is 2.42. The van der Waals surface area contributed by atoms with Gasteiger partial charge in [-0.2, -0.15) is 0 Å². The lowest BCUT2D eigenvalue weighted by Crippen LogP contribution is -2.35. The number of benzene rings is 1. The number of rotatable bonds is 4. The number of imide groups is 1. The van der Waals surface area contributed by atoms with E-state index >= 15 is 0 Å². The average Bonchev–Trinajstić information content (AvgIpc) is 2.60. The molecule has 1 heterocycles. The first-order valence-corrected chi connectivity index (χ1v) is 6.33. The van der Waals surface area contributed by atoms with Crippen LogP contribution in [0.4, 0.5) is 10.5 Å². The van der Waals surface area contributed by atoms with Gasteiger partial charge in [0.2, 0.25) is 0 Å². The van der Waals surface area contributed by atoms with E-state index in [1.54, 1.807) is 31.2 Å². The van der Waals surface area contributed by atoms with Gasteiger partial charge in [-0.05, 0) is 31.2 Å². The highest BCUT2D eigenvalue weighted by Crippen LogP contribution is 2.26. The van der Waals surface area contributed by atoms with E-state index in [0.717, 1.165) is 0 Å². The van der Waals surface area contributed by atoms with Crippen molar-refractivity contribution in [2.75, 3.05) is 25.2 Å². The third kappa shape index (κ3) is 2.57. The van der Waals surface area contributed by atoms with Crippen LogP contribution in [0.1, 0.15) is 6.92 Å². The Balaban J connectivity index is 2.24. The van der Waals surface area contributed by atoms with Crippen molar-refractivity contribution < 1.29 is 14.3 Å². The lowest BCUT2D eigenvalue weighted by molar-refractivity contribution is -0.127. The van der Waals surface area contributed by atoms with Crippen molar-refractivity contribution in [1.82, 2.24) is 4.90 Å². The molecule has 0 saturated carbocycles. The van der Waals surface area contributed by atoms with E-state index in [4.69, 9.17) is 16.3 Å². The minimum atomic E-state index is -0.509. The summed E-state index contributed by atoms with van der Waals surface area (Å²) in [7, 11) is 1.53. The van der Waals surface area contributed by atoms with Crippen molar-refractivity contribution in [2.24, 2.45) is 0 Å². The molecule has 0 radical (unpaired) electrons. The number of halogens is 1. The quantitative estimate of drug-likeness (QED) is 0.795. The van der Waals surface area contributed by atoms with E-state index in [0.29, 0.717) is 17.3 Å². The van der Waals surface area contributed by atoms with Gasteiger partial charge in [0, 0.05) is 17.8 Å². The van der Waals surface area contributed by atoms with Crippen LogP contribution in [0.2, 0.25) is 5.02 Å². The average molecular weight is 283 g/mol. The van der Waals surface area contributed by atoms with Crippen LogP contribution < -0.4 is 4.90 Å². The van der Waals surface area contributed by atoms with Crippen LogP contribution in [0, 0.1) is 0 Å². The Hall–Kier alpha value is -1.59. The summed E-state index contributed by atoms with van der Waals surface area (Å²) in [4.78, 5) is 27.0. The molecule has 1 aliphatic heterocycles. The van der Waals surface area contributed by atoms with Crippen LogP contribution in [0.3, 0.4) is 0 Å². The third-order valence-electron chi connectivity index (χ3n) is 3.07. The summed E-state index contributed by atoms with van der Waals surface area (Å²) in [5.41, 5.74) is 0.662. The molecular formula is C13H15ClN2O3. The van der Waals surface area contributed by atoms with Crippen LogP contribution in [0.15, 0.2) is 24.3 Å². The smallest absolute Gasteiger partial charge is 0.332 e. The number of carbonyl (C=O) groups excluding carboxylic acids is 2. The number of methoxy groups -OCH3 is 1. The van der Waals surface area contributed by atoms with E-state index in [1.165, 1.54) is 16.9 Å². The van der Waals surface area contributed by atoms with Gasteiger partial charge in [-0.1, -0.05) is 11.6 Å². The number of urea groups is 1. The number of amides is 3. The first-order valence-electron chi connectivity index (χ1n) is 5.95. The zero-order chi connectivity index (χ0) is 14.0. The van der Waals surface area contributed by atoms with Gasteiger partial charge in [0.05, 0.1) is 13.2 Å². The lowest BCUT2D eigenvalue weighted by atomic mass is 10.2. The molecule has 6 heteroatoms. The van der Waals surface area contributed by atoms with Crippen molar-refractivity contribution in [3.63, 3.8) is 0 Å². The maximum atomic E-state index is 12.3. The Labute approximate surface area is 116 Å². The standard InChI is InChI=1S/C13H15ClN2O3/c1-9-12(17)15(7-8-19-2)13(18)16(9)11-5-3-10(14)4-6-11/h3-6,9H,7-8H2,1-2H3/t9-/m1/s1. The van der Waals surface area contributed by atoms with E-state index in [-0.39, 0.29) is 18.5 Å². The van der Waals surface area contributed by atoms with E-state index < -0.39 is 6.04 Å². The number of hydrogen-bond donors (Lipinski definition) is 0. The topological polar surface area (TPSA) is 49.9 Å². The fourth-order valence-corrected chi connectivity index (χ4v) is 2.18. The summed E-state index contributed by atoms with van der Waals surface area (Å²) < 4.78 is 4.91. The van der Waals surface area contributed by atoms with Gasteiger partial charge in [-0.25, -0.2) is 4.79 Å². The number of carbonyl (C=O) groups is 2. The van der Waals surface area contributed by atoms with Crippen molar-refractivity contribution in [3.8, 4) is 0 Å². The number of ether oxygens (including phenoxy) is 1. The molecule has 5 nitrogen and oxygen atoms in total. The fourth-order valence-electron chi connectivity index (χ4n) is 2.05. The van der Waals surface area contributed by atoms with Crippen LogP contribution in [-0.4, -0.2) is 43.1 Å². The largest absolute Gasteiger partial charge is 0.383 e. The lowest BCUT2D eigenvalue weighted by Gasteiger charge is -2.19. The summed E-state index contributed by atoms with van der Waals surface area (Å²) in [6, 6.07) is 6.01. The minimum absolute atomic E-state index is 0.211. The molecule has 1 saturated heterocycles. The zero-order valence-electron chi connectivity index (χ0n) is 10.8. The van der Waals surface area contributed by atoms with Crippen LogP contribution in [-0.2, 0) is 9.53 Å². The molecule has 1 aromatic rings. The van der Waals surface area contributed by atoms with Crippen molar-refractivity contribution >= 4 is 29.2 Å². The van der Waals surface area contributed by atoms with Crippen LogP contribution in [0.5, 0.6) is 0 Å². The predicted octanol–water partition coefficient (Wildman–Crippen LogP) is 2.14. The zero-order valence-corrected chi connectivity index (χ0v) is 11.6. The SMILES string of the molecule is COCCN1C(=O)[C@@H](C)N(c2ccc(Cl)cc2)C1=O. The van der Waals surface area contributed by atoms with Crippen molar-refractivity contribution in [1.29, 1.82) is 0 Å². The molecule has 0 N–H and O–H groups in total. The summed E-state index contributed by atoms with van der Waals surface area (Å²) >= 11 is 5.82. The molecular weight excluding hydrogens is 268 g/mol. The molecule has 2 rings (SSSR count). The number of hydrogen-bond acceptors (Lipinski definition) is 3. The molecule has 1 aliphatic rings. The molecule has 3 amide bonds. The monoisotopic (exact) mass is 282 g/mol. The van der Waals surface area contributed by atoms with Crippen LogP contribution >= 0.6 is 11.6 Å². The summed E-state index contributed by atoms with van der Waals surface area (Å²) in [5.74, 6) is -0.211. The first-order chi connectivity index (χ1) is 9.06. The summed E-state index contributed by atoms with van der Waals surface area (Å²) in [6.07, 6.45) is 0. The van der Waals surface area contributed by atoms with Gasteiger partial charge in [0.25, 0.3) is 5.91 Å². The molecule has 0 spiro atoms. The molecule has 1 fully saturated rings. The predicted molar refractivity (Wildman–Crippen MR) is 72.4 cm³/mol. The molecule has 1 aromatic carbocycles. The Morgan fingerprint density at radius 2 is 1.89 bits per heavy atom. The first kappa shape index (κ1) is 13.8. The maximum absolute atomic E-state index is 12.3. The third-order valence-corrected chi connectivity index (χ3v) is 3.32. The normalized spacial score (nSPS) is 19.4. The molecule has 0 bridgehead atoms. The second-order valence-electron chi connectivity index (χ2n) is 4.29. The second-order valence-corrected chi connectivity index (χ2v) is 4.72. The van der Waals surface area contributed by atoms with Gasteiger partial charge >= 0.3 is 6.03 Å². The molecule has 1 atom stereocenters. The van der Waals surface area contributed by atoms with Gasteiger partial charge in [0.15, 0.2) is 0 Å². The van der Waals surface area contributed by atoms with Gasteiger partial charge in [-0.15, -0.1) is 0 Å². The number of anilines is 1. The Bertz CT molecular complexity index is 489.